The first-order valence-electron chi connectivity index (χ1n) is 9.38. The second-order valence-corrected chi connectivity index (χ2v) is 7.33. The minimum Gasteiger partial charge on any atom is -0.480 e. The monoisotopic (exact) mass is 349 g/mol. The number of aliphatic carboxylic acids is 1. The van der Waals surface area contributed by atoms with E-state index < -0.39 is 17.9 Å². The van der Waals surface area contributed by atoms with Crippen LogP contribution in [0.5, 0.6) is 0 Å². The van der Waals surface area contributed by atoms with Gasteiger partial charge in [0.1, 0.15) is 6.04 Å². The van der Waals surface area contributed by atoms with Crippen molar-refractivity contribution in [3.8, 4) is 11.1 Å². The van der Waals surface area contributed by atoms with Crippen molar-refractivity contribution in [2.75, 3.05) is 0 Å². The van der Waals surface area contributed by atoms with E-state index in [-0.39, 0.29) is 11.8 Å². The molecule has 26 heavy (non-hydrogen) atoms. The van der Waals surface area contributed by atoms with Crippen molar-refractivity contribution in [2.24, 2.45) is 5.92 Å². The van der Waals surface area contributed by atoms with Crippen molar-refractivity contribution < 1.29 is 14.7 Å². The van der Waals surface area contributed by atoms with Crippen LogP contribution in [0, 0.1) is 5.92 Å². The Bertz CT molecular complexity index is 793. The predicted octanol–water partition coefficient (Wildman–Crippen LogP) is 3.95. The summed E-state index contributed by atoms with van der Waals surface area (Å²) in [6.45, 7) is 0. The zero-order valence-electron chi connectivity index (χ0n) is 14.7. The molecule has 134 valence electrons. The summed E-state index contributed by atoms with van der Waals surface area (Å²) in [7, 11) is 0. The highest BCUT2D eigenvalue weighted by molar-refractivity contribution is 5.97. The fourth-order valence-electron chi connectivity index (χ4n) is 4.52. The van der Waals surface area contributed by atoms with Gasteiger partial charge in [0.2, 0.25) is 5.91 Å². The zero-order valence-corrected chi connectivity index (χ0v) is 14.7. The molecule has 0 aromatic heterocycles. The van der Waals surface area contributed by atoms with Crippen LogP contribution in [0.15, 0.2) is 48.5 Å². The van der Waals surface area contributed by atoms with Gasteiger partial charge in [0.15, 0.2) is 0 Å². The molecule has 4 nitrogen and oxygen atoms in total. The van der Waals surface area contributed by atoms with Crippen LogP contribution in [0.25, 0.3) is 11.1 Å². The highest BCUT2D eigenvalue weighted by Crippen LogP contribution is 2.44. The van der Waals surface area contributed by atoms with E-state index in [9.17, 15) is 14.7 Å². The number of hydrogen-bond donors (Lipinski definition) is 2. The van der Waals surface area contributed by atoms with Crippen molar-refractivity contribution in [3.05, 3.63) is 59.7 Å². The number of benzene rings is 2. The zero-order chi connectivity index (χ0) is 18.1. The number of carboxylic acids is 1. The molecule has 0 aliphatic heterocycles. The van der Waals surface area contributed by atoms with Crippen LogP contribution in [0.3, 0.4) is 0 Å². The first-order chi connectivity index (χ1) is 12.7. The molecule has 0 heterocycles. The molecular formula is C22H23NO3. The topological polar surface area (TPSA) is 66.4 Å². The normalized spacial score (nSPS) is 18.0. The highest BCUT2D eigenvalue weighted by atomic mass is 16.4. The molecule has 4 rings (SSSR count). The van der Waals surface area contributed by atoms with Crippen LogP contribution in [0.1, 0.15) is 49.1 Å². The molecule has 0 unspecified atom stereocenters. The second kappa shape index (κ2) is 6.94. The maximum Gasteiger partial charge on any atom is 0.326 e. The third-order valence-corrected chi connectivity index (χ3v) is 5.78. The van der Waals surface area contributed by atoms with Crippen molar-refractivity contribution in [3.63, 3.8) is 0 Å². The largest absolute Gasteiger partial charge is 0.480 e. The van der Waals surface area contributed by atoms with Crippen molar-refractivity contribution in [2.45, 2.75) is 44.1 Å². The first-order valence-corrected chi connectivity index (χ1v) is 9.38. The van der Waals surface area contributed by atoms with E-state index in [0.717, 1.165) is 54.4 Å². The molecule has 1 atom stereocenters. The molecule has 0 saturated heterocycles. The SMILES string of the molecule is O=C(N[C@H](C(=O)O)C1CCCCC1)C1c2ccccc2-c2ccccc21. The average Bonchev–Trinajstić information content (AvgIpc) is 3.01. The van der Waals surface area contributed by atoms with Gasteiger partial charge in [-0.05, 0) is 41.0 Å². The van der Waals surface area contributed by atoms with Crippen molar-refractivity contribution in [1.29, 1.82) is 0 Å². The van der Waals surface area contributed by atoms with Gasteiger partial charge in [-0.2, -0.15) is 0 Å². The van der Waals surface area contributed by atoms with E-state index >= 15 is 0 Å². The van der Waals surface area contributed by atoms with Gasteiger partial charge in [0, 0.05) is 0 Å². The van der Waals surface area contributed by atoms with E-state index in [1.54, 1.807) is 0 Å². The third-order valence-electron chi connectivity index (χ3n) is 5.78. The summed E-state index contributed by atoms with van der Waals surface area (Å²) in [5.74, 6) is -1.55. The highest BCUT2D eigenvalue weighted by Gasteiger charge is 2.37. The summed E-state index contributed by atoms with van der Waals surface area (Å²) < 4.78 is 0. The molecular weight excluding hydrogens is 326 g/mol. The minimum atomic E-state index is -0.926. The summed E-state index contributed by atoms with van der Waals surface area (Å²) in [6, 6.07) is 15.0. The Morgan fingerprint density at radius 1 is 0.885 bits per heavy atom. The fraction of sp³-hybridized carbons (Fsp3) is 0.364. The molecule has 1 saturated carbocycles. The van der Waals surface area contributed by atoms with E-state index in [4.69, 9.17) is 0 Å². The third kappa shape index (κ3) is 2.90. The van der Waals surface area contributed by atoms with Gasteiger partial charge in [-0.1, -0.05) is 67.8 Å². The summed E-state index contributed by atoms with van der Waals surface area (Å²) in [6.07, 6.45) is 4.98. The molecule has 2 aromatic rings. The van der Waals surface area contributed by atoms with Crippen LogP contribution in [-0.4, -0.2) is 23.0 Å². The van der Waals surface area contributed by atoms with Crippen molar-refractivity contribution in [1.82, 2.24) is 5.32 Å². The number of amides is 1. The number of nitrogens with one attached hydrogen (secondary N) is 1. The molecule has 2 aromatic carbocycles. The van der Waals surface area contributed by atoms with Gasteiger partial charge in [0.05, 0.1) is 5.92 Å². The maximum atomic E-state index is 13.2. The van der Waals surface area contributed by atoms with Crippen LogP contribution in [0.2, 0.25) is 0 Å². The molecule has 0 bridgehead atoms. The minimum absolute atomic E-state index is 0.0251. The quantitative estimate of drug-likeness (QED) is 0.878. The molecule has 0 spiro atoms. The van der Waals surface area contributed by atoms with Gasteiger partial charge in [-0.3, -0.25) is 4.79 Å². The lowest BCUT2D eigenvalue weighted by molar-refractivity contribution is -0.144. The summed E-state index contributed by atoms with van der Waals surface area (Å²) in [4.78, 5) is 25.0. The van der Waals surface area contributed by atoms with Crippen LogP contribution < -0.4 is 5.32 Å². The first kappa shape index (κ1) is 16.8. The van der Waals surface area contributed by atoms with E-state index in [1.165, 1.54) is 0 Å². The number of rotatable bonds is 4. The fourth-order valence-corrected chi connectivity index (χ4v) is 4.52. The molecule has 2 aliphatic rings. The lowest BCUT2D eigenvalue weighted by Gasteiger charge is -2.29. The van der Waals surface area contributed by atoms with E-state index in [0.29, 0.717) is 0 Å². The number of carbonyl (C=O) groups excluding carboxylic acids is 1. The van der Waals surface area contributed by atoms with Crippen LogP contribution >= 0.6 is 0 Å². The number of carboxylic acid groups (broad SMARTS) is 1. The molecule has 2 aliphatic carbocycles. The number of fused-ring (bicyclic) bond motifs is 3. The Morgan fingerprint density at radius 2 is 1.42 bits per heavy atom. The Labute approximate surface area is 153 Å². The standard InChI is InChI=1S/C22H23NO3/c24-21(23-20(22(25)26)14-8-2-1-3-9-14)19-17-12-6-4-10-15(17)16-11-5-7-13-18(16)19/h4-7,10-14,19-20H,1-3,8-9H2,(H,23,24)(H,25,26)/t20-/m0/s1. The number of hydrogen-bond acceptors (Lipinski definition) is 2. The van der Waals surface area contributed by atoms with Gasteiger partial charge in [-0.25, -0.2) is 4.79 Å². The van der Waals surface area contributed by atoms with E-state index in [2.05, 4.69) is 5.32 Å². The summed E-state index contributed by atoms with van der Waals surface area (Å²) >= 11 is 0. The van der Waals surface area contributed by atoms with Crippen molar-refractivity contribution >= 4 is 11.9 Å². The Kier molecular flexibility index (Phi) is 4.49. The Hall–Kier alpha value is -2.62. The lowest BCUT2D eigenvalue weighted by atomic mass is 9.83. The molecule has 2 N–H and O–H groups in total. The smallest absolute Gasteiger partial charge is 0.326 e. The average molecular weight is 349 g/mol. The van der Waals surface area contributed by atoms with Gasteiger partial charge >= 0.3 is 5.97 Å². The van der Waals surface area contributed by atoms with Gasteiger partial charge < -0.3 is 10.4 Å². The second-order valence-electron chi connectivity index (χ2n) is 7.33. The Balaban J connectivity index is 1.64. The maximum absolute atomic E-state index is 13.2. The summed E-state index contributed by atoms with van der Waals surface area (Å²) in [5, 5.41) is 12.6. The van der Waals surface area contributed by atoms with Gasteiger partial charge in [-0.15, -0.1) is 0 Å². The molecule has 0 radical (unpaired) electrons. The number of carbonyl (C=O) groups is 2. The lowest BCUT2D eigenvalue weighted by Crippen LogP contribution is -2.48. The predicted molar refractivity (Wildman–Crippen MR) is 99.9 cm³/mol. The Morgan fingerprint density at radius 3 is 1.96 bits per heavy atom. The van der Waals surface area contributed by atoms with Crippen LogP contribution in [0.4, 0.5) is 0 Å². The van der Waals surface area contributed by atoms with Crippen LogP contribution in [-0.2, 0) is 9.59 Å². The van der Waals surface area contributed by atoms with Gasteiger partial charge in [0.25, 0.3) is 0 Å². The molecule has 4 heteroatoms. The summed E-state index contributed by atoms with van der Waals surface area (Å²) in [5.41, 5.74) is 4.04. The molecule has 1 fully saturated rings. The van der Waals surface area contributed by atoms with E-state index in [1.807, 2.05) is 48.5 Å². The molecule has 1 amide bonds.